The summed E-state index contributed by atoms with van der Waals surface area (Å²) < 4.78 is 11.0. The number of rotatable bonds is 6. The van der Waals surface area contributed by atoms with Gasteiger partial charge in [0, 0.05) is 12.3 Å². The van der Waals surface area contributed by atoms with Gasteiger partial charge in [-0.2, -0.15) is 0 Å². The molecule has 0 saturated heterocycles. The standard InChI is InChI=1S/C17H20O3/c1-3-4-5-11-19-15-10-9-14-7-6-8-17(16(14)12-15)20-13(2)18/h6-10,12H,3-5,11H2,1-2H3. The highest BCUT2D eigenvalue weighted by atomic mass is 16.5. The lowest BCUT2D eigenvalue weighted by molar-refractivity contribution is -0.131. The lowest BCUT2D eigenvalue weighted by Crippen LogP contribution is -2.02. The molecule has 2 aromatic rings. The van der Waals surface area contributed by atoms with Gasteiger partial charge in [0.05, 0.1) is 6.61 Å². The number of hydrogen-bond acceptors (Lipinski definition) is 3. The van der Waals surface area contributed by atoms with Crippen molar-refractivity contribution in [3.63, 3.8) is 0 Å². The van der Waals surface area contributed by atoms with Crippen molar-refractivity contribution in [1.29, 1.82) is 0 Å². The fourth-order valence-corrected chi connectivity index (χ4v) is 2.10. The second-order valence-electron chi connectivity index (χ2n) is 4.79. The molecule has 0 spiro atoms. The van der Waals surface area contributed by atoms with E-state index in [0.29, 0.717) is 5.75 Å². The van der Waals surface area contributed by atoms with Crippen molar-refractivity contribution in [3.05, 3.63) is 36.4 Å². The maximum absolute atomic E-state index is 11.1. The van der Waals surface area contributed by atoms with E-state index in [2.05, 4.69) is 6.92 Å². The zero-order valence-corrected chi connectivity index (χ0v) is 12.0. The van der Waals surface area contributed by atoms with E-state index < -0.39 is 0 Å². The van der Waals surface area contributed by atoms with Crippen LogP contribution in [0.25, 0.3) is 10.8 Å². The van der Waals surface area contributed by atoms with Crippen molar-refractivity contribution in [2.75, 3.05) is 6.61 Å². The fourth-order valence-electron chi connectivity index (χ4n) is 2.10. The first-order valence-corrected chi connectivity index (χ1v) is 7.04. The Kier molecular flexibility index (Phi) is 4.99. The Hall–Kier alpha value is -2.03. The molecule has 3 nitrogen and oxygen atoms in total. The summed E-state index contributed by atoms with van der Waals surface area (Å²) in [5.74, 6) is 1.08. The number of hydrogen-bond donors (Lipinski definition) is 0. The highest BCUT2D eigenvalue weighted by Crippen LogP contribution is 2.29. The van der Waals surface area contributed by atoms with Crippen LogP contribution in [-0.4, -0.2) is 12.6 Å². The number of carbonyl (C=O) groups excluding carboxylic acids is 1. The minimum absolute atomic E-state index is 0.313. The second kappa shape index (κ2) is 6.94. The lowest BCUT2D eigenvalue weighted by atomic mass is 10.1. The maximum Gasteiger partial charge on any atom is 0.308 e. The van der Waals surface area contributed by atoms with Gasteiger partial charge < -0.3 is 9.47 Å². The van der Waals surface area contributed by atoms with Gasteiger partial charge in [-0.15, -0.1) is 0 Å². The number of esters is 1. The molecule has 0 aliphatic carbocycles. The van der Waals surface area contributed by atoms with E-state index in [1.165, 1.54) is 19.8 Å². The quantitative estimate of drug-likeness (QED) is 0.446. The minimum Gasteiger partial charge on any atom is -0.494 e. The third-order valence-electron chi connectivity index (χ3n) is 3.08. The van der Waals surface area contributed by atoms with Gasteiger partial charge in [-0.1, -0.05) is 38.0 Å². The molecule has 0 fully saturated rings. The van der Waals surface area contributed by atoms with Crippen molar-refractivity contribution in [2.24, 2.45) is 0 Å². The van der Waals surface area contributed by atoms with Gasteiger partial charge in [-0.25, -0.2) is 0 Å². The summed E-state index contributed by atoms with van der Waals surface area (Å²) in [6, 6.07) is 11.5. The van der Waals surface area contributed by atoms with Gasteiger partial charge in [0.2, 0.25) is 0 Å². The van der Waals surface area contributed by atoms with E-state index in [-0.39, 0.29) is 5.97 Å². The van der Waals surface area contributed by atoms with Crippen LogP contribution in [0.5, 0.6) is 11.5 Å². The molecule has 0 unspecified atom stereocenters. The Morgan fingerprint density at radius 3 is 2.75 bits per heavy atom. The molecule has 0 bridgehead atoms. The van der Waals surface area contributed by atoms with E-state index in [4.69, 9.17) is 9.47 Å². The van der Waals surface area contributed by atoms with Crippen molar-refractivity contribution in [2.45, 2.75) is 33.1 Å². The number of fused-ring (bicyclic) bond motifs is 1. The van der Waals surface area contributed by atoms with Crippen LogP contribution in [-0.2, 0) is 4.79 Å². The van der Waals surface area contributed by atoms with Crippen LogP contribution >= 0.6 is 0 Å². The number of benzene rings is 2. The molecule has 0 atom stereocenters. The Morgan fingerprint density at radius 2 is 2.00 bits per heavy atom. The first-order valence-electron chi connectivity index (χ1n) is 7.04. The molecule has 0 amide bonds. The van der Waals surface area contributed by atoms with Crippen LogP contribution in [0.3, 0.4) is 0 Å². The number of unbranched alkanes of at least 4 members (excludes halogenated alkanes) is 2. The van der Waals surface area contributed by atoms with Gasteiger partial charge in [0.25, 0.3) is 0 Å². The molecule has 20 heavy (non-hydrogen) atoms. The molecule has 106 valence electrons. The average Bonchev–Trinajstić information content (AvgIpc) is 2.43. The molecule has 0 aliphatic rings. The largest absolute Gasteiger partial charge is 0.494 e. The van der Waals surface area contributed by atoms with Gasteiger partial charge in [-0.05, 0) is 30.0 Å². The third-order valence-corrected chi connectivity index (χ3v) is 3.08. The van der Waals surface area contributed by atoms with Crippen molar-refractivity contribution in [1.82, 2.24) is 0 Å². The van der Waals surface area contributed by atoms with Crippen LogP contribution in [0.4, 0.5) is 0 Å². The van der Waals surface area contributed by atoms with Crippen LogP contribution in [0.15, 0.2) is 36.4 Å². The summed E-state index contributed by atoms with van der Waals surface area (Å²) in [6.45, 7) is 4.29. The summed E-state index contributed by atoms with van der Waals surface area (Å²) in [5, 5.41) is 1.93. The highest BCUT2D eigenvalue weighted by Gasteiger charge is 2.06. The summed E-state index contributed by atoms with van der Waals surface area (Å²) in [6.07, 6.45) is 3.41. The van der Waals surface area contributed by atoms with Crippen LogP contribution in [0, 0.1) is 0 Å². The Morgan fingerprint density at radius 1 is 1.15 bits per heavy atom. The Bertz CT molecular complexity index is 590. The van der Waals surface area contributed by atoms with Crippen LogP contribution in [0.1, 0.15) is 33.1 Å². The third kappa shape index (κ3) is 3.73. The molecule has 0 N–H and O–H groups in total. The first-order chi connectivity index (χ1) is 9.70. The monoisotopic (exact) mass is 272 g/mol. The molecule has 0 saturated carbocycles. The van der Waals surface area contributed by atoms with Gasteiger partial charge in [0.1, 0.15) is 11.5 Å². The van der Waals surface area contributed by atoms with E-state index in [9.17, 15) is 4.79 Å². The molecule has 2 rings (SSSR count). The summed E-state index contributed by atoms with van der Waals surface area (Å²) >= 11 is 0. The van der Waals surface area contributed by atoms with Gasteiger partial charge in [-0.3, -0.25) is 4.79 Å². The van der Waals surface area contributed by atoms with E-state index in [1.807, 2.05) is 30.3 Å². The van der Waals surface area contributed by atoms with E-state index in [1.54, 1.807) is 6.07 Å². The molecular weight excluding hydrogens is 252 g/mol. The second-order valence-corrected chi connectivity index (χ2v) is 4.79. The maximum atomic E-state index is 11.1. The topological polar surface area (TPSA) is 35.5 Å². The summed E-state index contributed by atoms with van der Waals surface area (Å²) in [7, 11) is 0. The first kappa shape index (κ1) is 14.4. The SMILES string of the molecule is CCCCCOc1ccc2cccc(OC(C)=O)c2c1. The van der Waals surface area contributed by atoms with Crippen LogP contribution < -0.4 is 9.47 Å². The zero-order chi connectivity index (χ0) is 14.4. The zero-order valence-electron chi connectivity index (χ0n) is 12.0. The predicted octanol–water partition coefficient (Wildman–Crippen LogP) is 4.33. The lowest BCUT2D eigenvalue weighted by Gasteiger charge is -2.09. The predicted molar refractivity (Wildman–Crippen MR) is 80.3 cm³/mol. The molecule has 0 heterocycles. The van der Waals surface area contributed by atoms with E-state index >= 15 is 0 Å². The molecule has 0 aromatic heterocycles. The number of carbonyl (C=O) groups is 1. The molecule has 0 radical (unpaired) electrons. The fraction of sp³-hybridized carbons (Fsp3) is 0.353. The van der Waals surface area contributed by atoms with Crippen molar-refractivity contribution >= 4 is 16.7 Å². The summed E-state index contributed by atoms with van der Waals surface area (Å²) in [5.41, 5.74) is 0. The summed E-state index contributed by atoms with van der Waals surface area (Å²) in [4.78, 5) is 11.1. The van der Waals surface area contributed by atoms with Crippen molar-refractivity contribution < 1.29 is 14.3 Å². The Labute approximate surface area is 119 Å². The molecule has 2 aromatic carbocycles. The van der Waals surface area contributed by atoms with E-state index in [0.717, 1.165) is 29.5 Å². The normalized spacial score (nSPS) is 10.5. The molecule has 0 aliphatic heterocycles. The van der Waals surface area contributed by atoms with Gasteiger partial charge in [0.15, 0.2) is 0 Å². The van der Waals surface area contributed by atoms with Gasteiger partial charge >= 0.3 is 5.97 Å². The molecule has 3 heteroatoms. The van der Waals surface area contributed by atoms with Crippen LogP contribution in [0.2, 0.25) is 0 Å². The average molecular weight is 272 g/mol. The smallest absolute Gasteiger partial charge is 0.308 e. The van der Waals surface area contributed by atoms with Crippen molar-refractivity contribution in [3.8, 4) is 11.5 Å². The highest BCUT2D eigenvalue weighted by molar-refractivity contribution is 5.91. The minimum atomic E-state index is -0.313. The Balaban J connectivity index is 2.20. The molecular formula is C17H20O3. The number of ether oxygens (including phenoxy) is 2.